The summed E-state index contributed by atoms with van der Waals surface area (Å²) in [6, 6.07) is 3.86. The highest BCUT2D eigenvalue weighted by Crippen LogP contribution is 2.40. The van der Waals surface area contributed by atoms with Crippen molar-refractivity contribution < 1.29 is 19.7 Å². The monoisotopic (exact) mass is 237 g/mol. The number of aromatic hydroxyl groups is 2. The summed E-state index contributed by atoms with van der Waals surface area (Å²) in [7, 11) is 0. The topological polar surface area (TPSA) is 78.8 Å². The number of carbonyl (C=O) groups is 1. The highest BCUT2D eigenvalue weighted by molar-refractivity contribution is 5.69. The first kappa shape index (κ1) is 11.6. The third-order valence-electron chi connectivity index (χ3n) is 2.94. The van der Waals surface area contributed by atoms with E-state index >= 15 is 0 Å². The van der Waals surface area contributed by atoms with E-state index in [1.807, 2.05) is 13.8 Å². The third kappa shape index (κ3) is 2.13. The zero-order valence-corrected chi connectivity index (χ0v) is 9.73. The number of phenolic OH excluding ortho intramolecular Hbond substituents is 2. The van der Waals surface area contributed by atoms with E-state index in [9.17, 15) is 15.0 Å². The number of amides is 1. The molecule has 0 aliphatic carbocycles. The summed E-state index contributed by atoms with van der Waals surface area (Å²) in [5.41, 5.74) is 0.130. The molecule has 1 heterocycles. The Morgan fingerprint density at radius 2 is 2.12 bits per heavy atom. The molecule has 1 aromatic carbocycles. The van der Waals surface area contributed by atoms with Crippen molar-refractivity contribution in [3.63, 3.8) is 0 Å². The van der Waals surface area contributed by atoms with Crippen molar-refractivity contribution in [2.24, 2.45) is 5.41 Å². The average Bonchev–Trinajstić information content (AvgIpc) is 2.26. The molecule has 0 bridgehead atoms. The van der Waals surface area contributed by atoms with Crippen molar-refractivity contribution in [1.82, 2.24) is 5.32 Å². The van der Waals surface area contributed by atoms with Gasteiger partial charge in [0.2, 0.25) is 0 Å². The molecule has 2 rings (SSSR count). The zero-order valence-electron chi connectivity index (χ0n) is 9.73. The van der Waals surface area contributed by atoms with Gasteiger partial charge in [0.25, 0.3) is 0 Å². The molecule has 17 heavy (non-hydrogen) atoms. The zero-order chi connectivity index (χ0) is 12.6. The Morgan fingerprint density at radius 1 is 1.41 bits per heavy atom. The van der Waals surface area contributed by atoms with Crippen molar-refractivity contribution >= 4 is 6.09 Å². The quantitative estimate of drug-likeness (QED) is 0.652. The maximum atomic E-state index is 11.3. The van der Waals surface area contributed by atoms with E-state index in [0.717, 1.165) is 0 Å². The van der Waals surface area contributed by atoms with Crippen LogP contribution in [0.15, 0.2) is 18.2 Å². The number of hydrogen-bond acceptors (Lipinski definition) is 4. The van der Waals surface area contributed by atoms with Crippen LogP contribution >= 0.6 is 0 Å². The largest absolute Gasteiger partial charge is 0.508 e. The van der Waals surface area contributed by atoms with Crippen molar-refractivity contribution in [2.45, 2.75) is 19.9 Å². The molecule has 5 heteroatoms. The lowest BCUT2D eigenvalue weighted by Crippen LogP contribution is -2.46. The minimum absolute atomic E-state index is 0.0445. The fourth-order valence-corrected chi connectivity index (χ4v) is 1.96. The normalized spacial score (nSPS) is 22.7. The lowest BCUT2D eigenvalue weighted by Gasteiger charge is -2.38. The second-order valence-corrected chi connectivity index (χ2v) is 4.89. The van der Waals surface area contributed by atoms with Crippen LogP contribution in [0.4, 0.5) is 4.79 Å². The average molecular weight is 237 g/mol. The summed E-state index contributed by atoms with van der Waals surface area (Å²) in [4.78, 5) is 11.3. The van der Waals surface area contributed by atoms with Gasteiger partial charge in [-0.05, 0) is 18.2 Å². The molecule has 3 N–H and O–H groups in total. The molecule has 5 nitrogen and oxygen atoms in total. The molecule has 1 amide bonds. The summed E-state index contributed by atoms with van der Waals surface area (Å²) in [5, 5.41) is 21.9. The van der Waals surface area contributed by atoms with Crippen LogP contribution in [0.3, 0.4) is 0 Å². The summed E-state index contributed by atoms with van der Waals surface area (Å²) in [5.74, 6) is 0.0948. The molecule has 1 aliphatic heterocycles. The fraction of sp³-hybridized carbons (Fsp3) is 0.417. The lowest BCUT2D eigenvalue weighted by atomic mass is 9.80. The molecule has 1 aromatic rings. The predicted molar refractivity (Wildman–Crippen MR) is 60.8 cm³/mol. The molecule has 1 fully saturated rings. The molecule has 0 aromatic heterocycles. The van der Waals surface area contributed by atoms with Crippen LogP contribution in [0, 0.1) is 5.41 Å². The number of cyclic esters (lactones) is 1. The number of ether oxygens (including phenoxy) is 1. The minimum Gasteiger partial charge on any atom is -0.508 e. The molecule has 0 radical (unpaired) electrons. The number of carbonyl (C=O) groups excluding carboxylic acids is 1. The number of nitrogens with one attached hydrogen (secondary N) is 1. The van der Waals surface area contributed by atoms with Crippen LogP contribution in [0.5, 0.6) is 11.5 Å². The van der Waals surface area contributed by atoms with E-state index in [2.05, 4.69) is 5.32 Å². The van der Waals surface area contributed by atoms with Crippen LogP contribution < -0.4 is 5.32 Å². The second-order valence-electron chi connectivity index (χ2n) is 4.89. The third-order valence-corrected chi connectivity index (χ3v) is 2.94. The first-order valence-electron chi connectivity index (χ1n) is 5.35. The molecule has 1 saturated heterocycles. The van der Waals surface area contributed by atoms with Crippen molar-refractivity contribution in [3.05, 3.63) is 23.8 Å². The molecule has 1 atom stereocenters. The van der Waals surface area contributed by atoms with E-state index in [1.165, 1.54) is 18.2 Å². The summed E-state index contributed by atoms with van der Waals surface area (Å²) < 4.78 is 4.92. The van der Waals surface area contributed by atoms with Crippen molar-refractivity contribution in [2.75, 3.05) is 6.61 Å². The first-order chi connectivity index (χ1) is 7.90. The number of phenols is 2. The second kappa shape index (κ2) is 3.84. The van der Waals surface area contributed by atoms with E-state index in [4.69, 9.17) is 4.74 Å². The van der Waals surface area contributed by atoms with Gasteiger partial charge in [-0.3, -0.25) is 0 Å². The fourth-order valence-electron chi connectivity index (χ4n) is 1.96. The smallest absolute Gasteiger partial charge is 0.407 e. The Morgan fingerprint density at radius 3 is 2.82 bits per heavy atom. The van der Waals surface area contributed by atoms with E-state index in [-0.39, 0.29) is 23.5 Å². The van der Waals surface area contributed by atoms with Gasteiger partial charge in [0, 0.05) is 11.0 Å². The Balaban J connectivity index is 2.42. The highest BCUT2D eigenvalue weighted by atomic mass is 16.6. The van der Waals surface area contributed by atoms with Crippen LogP contribution in [-0.2, 0) is 4.74 Å². The van der Waals surface area contributed by atoms with Crippen LogP contribution in [-0.4, -0.2) is 22.9 Å². The van der Waals surface area contributed by atoms with E-state index in [0.29, 0.717) is 5.56 Å². The maximum Gasteiger partial charge on any atom is 0.407 e. The highest BCUT2D eigenvalue weighted by Gasteiger charge is 2.39. The van der Waals surface area contributed by atoms with Crippen LogP contribution in [0.25, 0.3) is 0 Å². The summed E-state index contributed by atoms with van der Waals surface area (Å²) in [6.07, 6.45) is -0.517. The molecular formula is C12H15NO4. The van der Waals surface area contributed by atoms with Gasteiger partial charge in [-0.2, -0.15) is 0 Å². The molecule has 1 aliphatic rings. The maximum absolute atomic E-state index is 11.3. The Kier molecular flexibility index (Phi) is 2.61. The molecular weight excluding hydrogens is 222 g/mol. The predicted octanol–water partition coefficient (Wildman–Crippen LogP) is 1.90. The van der Waals surface area contributed by atoms with Crippen molar-refractivity contribution in [1.29, 1.82) is 0 Å². The van der Waals surface area contributed by atoms with Gasteiger partial charge in [-0.25, -0.2) is 4.79 Å². The molecule has 0 saturated carbocycles. The SMILES string of the molecule is CC1(C)COC(=O)N[C@@H]1c1cc(O)ccc1O. The number of benzene rings is 1. The molecule has 0 spiro atoms. The van der Waals surface area contributed by atoms with Gasteiger partial charge in [0.05, 0.1) is 6.04 Å². The van der Waals surface area contributed by atoms with Crippen LogP contribution in [0.2, 0.25) is 0 Å². The van der Waals surface area contributed by atoms with Gasteiger partial charge in [0.1, 0.15) is 18.1 Å². The summed E-state index contributed by atoms with van der Waals surface area (Å²) >= 11 is 0. The molecule has 0 unspecified atom stereocenters. The van der Waals surface area contributed by atoms with Gasteiger partial charge in [-0.15, -0.1) is 0 Å². The van der Waals surface area contributed by atoms with Gasteiger partial charge in [0.15, 0.2) is 0 Å². The standard InChI is InChI=1S/C12H15NO4/c1-12(2)6-17-11(16)13-10(12)8-5-7(14)3-4-9(8)15/h3-5,10,14-15H,6H2,1-2H3,(H,13,16)/t10-/m1/s1. The minimum atomic E-state index is -0.517. The summed E-state index contributed by atoms with van der Waals surface area (Å²) in [6.45, 7) is 4.10. The van der Waals surface area contributed by atoms with Gasteiger partial charge >= 0.3 is 6.09 Å². The van der Waals surface area contributed by atoms with Crippen molar-refractivity contribution in [3.8, 4) is 11.5 Å². The Bertz CT molecular complexity index is 456. The first-order valence-corrected chi connectivity index (χ1v) is 5.35. The number of rotatable bonds is 1. The Hall–Kier alpha value is -1.91. The van der Waals surface area contributed by atoms with E-state index in [1.54, 1.807) is 0 Å². The van der Waals surface area contributed by atoms with Gasteiger partial charge in [-0.1, -0.05) is 13.8 Å². The van der Waals surface area contributed by atoms with Gasteiger partial charge < -0.3 is 20.3 Å². The molecule has 92 valence electrons. The number of hydrogen-bond donors (Lipinski definition) is 3. The Labute approximate surface area is 99.0 Å². The lowest BCUT2D eigenvalue weighted by molar-refractivity contribution is 0.0380. The van der Waals surface area contributed by atoms with Crippen LogP contribution in [0.1, 0.15) is 25.5 Å². The number of alkyl carbamates (subject to hydrolysis) is 1. The van der Waals surface area contributed by atoms with E-state index < -0.39 is 12.1 Å².